The van der Waals surface area contributed by atoms with E-state index in [2.05, 4.69) is 10.2 Å². The Morgan fingerprint density at radius 3 is 2.49 bits per heavy atom. The van der Waals surface area contributed by atoms with Crippen molar-refractivity contribution in [3.05, 3.63) is 98.8 Å². The molecular weight excluding hydrogens is 688 g/mol. The van der Waals surface area contributed by atoms with Crippen molar-refractivity contribution < 1.29 is 23.0 Å². The number of nitrogens with zero attached hydrogens (tertiary/aromatic N) is 4. The lowest BCUT2D eigenvalue weighted by atomic mass is 9.58. The summed E-state index contributed by atoms with van der Waals surface area (Å²) >= 11 is 12.9. The fourth-order valence-electron chi connectivity index (χ4n) is 8.11. The van der Waals surface area contributed by atoms with Crippen LogP contribution in [0.5, 0.6) is 0 Å². The highest BCUT2D eigenvalue weighted by molar-refractivity contribution is 7.82. The number of likely N-dealkylation sites (tertiary alicyclic amines) is 1. The number of hydrogen-bond acceptors (Lipinski definition) is 5. The van der Waals surface area contributed by atoms with Gasteiger partial charge in [-0.2, -0.15) is 0 Å². The van der Waals surface area contributed by atoms with E-state index in [9.17, 15) is 18.6 Å². The molecule has 4 aliphatic heterocycles. The van der Waals surface area contributed by atoms with Crippen LogP contribution in [-0.4, -0.2) is 99.0 Å². The fraction of sp³-hybridized carbons (Fsp3) is 0.417. The zero-order valence-corrected chi connectivity index (χ0v) is 29.5. The van der Waals surface area contributed by atoms with Crippen LogP contribution in [0.2, 0.25) is 10.0 Å². The van der Waals surface area contributed by atoms with Crippen molar-refractivity contribution in [2.75, 3.05) is 63.4 Å². The Morgan fingerprint density at radius 2 is 1.76 bits per heavy atom. The van der Waals surface area contributed by atoms with Crippen LogP contribution in [0.1, 0.15) is 47.1 Å². The summed E-state index contributed by atoms with van der Waals surface area (Å²) in [5, 5.41) is 3.92. The van der Waals surface area contributed by atoms with E-state index < -0.39 is 34.2 Å². The van der Waals surface area contributed by atoms with Crippen LogP contribution >= 0.6 is 23.2 Å². The summed E-state index contributed by atoms with van der Waals surface area (Å²) in [6.07, 6.45) is 0.877. The quantitative estimate of drug-likeness (QED) is 0.374. The molecule has 4 atom stereocenters. The maximum atomic E-state index is 15.2. The van der Waals surface area contributed by atoms with Crippen LogP contribution in [0.3, 0.4) is 0 Å². The van der Waals surface area contributed by atoms with Crippen molar-refractivity contribution in [2.24, 2.45) is 0 Å². The molecule has 0 aliphatic carbocycles. The molecule has 3 aromatic carbocycles. The van der Waals surface area contributed by atoms with Gasteiger partial charge in [-0.15, -0.1) is 0 Å². The minimum atomic E-state index is -1.44. The van der Waals surface area contributed by atoms with Gasteiger partial charge >= 0.3 is 0 Å². The number of piperidine rings is 1. The molecule has 258 valence electrons. The Kier molecular flexibility index (Phi) is 9.58. The highest BCUT2D eigenvalue weighted by Gasteiger charge is 2.64. The van der Waals surface area contributed by atoms with E-state index in [-0.39, 0.29) is 30.7 Å². The number of anilines is 1. The molecule has 3 amide bonds. The zero-order valence-electron chi connectivity index (χ0n) is 27.2. The van der Waals surface area contributed by atoms with Gasteiger partial charge in [0.1, 0.15) is 17.8 Å². The Hall–Kier alpha value is -3.35. The van der Waals surface area contributed by atoms with E-state index in [0.717, 1.165) is 31.8 Å². The third kappa shape index (κ3) is 6.29. The van der Waals surface area contributed by atoms with Crippen molar-refractivity contribution in [3.63, 3.8) is 0 Å². The Bertz CT molecular complexity index is 1840. The Labute approximate surface area is 297 Å². The topological polar surface area (TPSA) is 93.3 Å². The van der Waals surface area contributed by atoms with Gasteiger partial charge in [0.05, 0.1) is 17.0 Å². The normalized spacial score (nSPS) is 26.0. The number of rotatable bonds is 7. The number of nitrogens with one attached hydrogen (secondary N) is 1. The smallest absolute Gasteiger partial charge is 0.242 e. The lowest BCUT2D eigenvalue weighted by molar-refractivity contribution is -0.152. The number of amides is 3. The molecule has 4 aliphatic rings. The van der Waals surface area contributed by atoms with Gasteiger partial charge in [-0.1, -0.05) is 47.5 Å². The van der Waals surface area contributed by atoms with Gasteiger partial charge in [0.15, 0.2) is 0 Å². The summed E-state index contributed by atoms with van der Waals surface area (Å²) in [6, 6.07) is 15.7. The molecule has 4 heterocycles. The van der Waals surface area contributed by atoms with Gasteiger partial charge in [-0.3, -0.25) is 19.3 Å². The first-order valence-corrected chi connectivity index (χ1v) is 18.7. The van der Waals surface area contributed by atoms with Crippen LogP contribution in [0.4, 0.5) is 10.1 Å². The maximum absolute atomic E-state index is 15.2. The second kappa shape index (κ2) is 13.8. The summed E-state index contributed by atoms with van der Waals surface area (Å²) < 4.78 is 29.3. The highest BCUT2D eigenvalue weighted by atomic mass is 35.5. The van der Waals surface area contributed by atoms with Gasteiger partial charge in [0.25, 0.3) is 0 Å². The summed E-state index contributed by atoms with van der Waals surface area (Å²) in [5.74, 6) is -1.39. The summed E-state index contributed by atoms with van der Waals surface area (Å²) in [6.45, 7) is 6.16. The molecule has 0 aromatic heterocycles. The number of piperazine rings is 1. The van der Waals surface area contributed by atoms with E-state index in [1.165, 1.54) is 17.0 Å². The first-order valence-electron chi connectivity index (χ1n) is 16.6. The van der Waals surface area contributed by atoms with Gasteiger partial charge < -0.3 is 15.1 Å². The third-order valence-electron chi connectivity index (χ3n) is 10.5. The number of fused-ring (bicyclic) bond motifs is 2. The SMILES string of the molecule is Cc1ccc(F)cc1[C@H]1N(CC(=O)N2CCN(CCN3CCCS3=O)CC2)C(=O)C[C@@H](c2cccc(Cl)c2)[C@]12C(=O)Nc1cc(Cl)ccc12. The van der Waals surface area contributed by atoms with Gasteiger partial charge in [-0.25, -0.2) is 12.9 Å². The second-order valence-corrected chi connectivity index (χ2v) is 15.7. The minimum absolute atomic E-state index is 0.0698. The predicted molar refractivity (Wildman–Crippen MR) is 188 cm³/mol. The predicted octanol–water partition coefficient (Wildman–Crippen LogP) is 4.90. The number of halogens is 3. The van der Waals surface area contributed by atoms with E-state index in [1.807, 2.05) is 17.3 Å². The monoisotopic (exact) mass is 725 g/mol. The van der Waals surface area contributed by atoms with Crippen LogP contribution in [0, 0.1) is 12.7 Å². The lowest BCUT2D eigenvalue weighted by Crippen LogP contribution is -2.60. The van der Waals surface area contributed by atoms with Gasteiger partial charge in [0.2, 0.25) is 17.7 Å². The molecule has 7 rings (SSSR count). The van der Waals surface area contributed by atoms with Crippen LogP contribution in [0.25, 0.3) is 0 Å². The van der Waals surface area contributed by atoms with Crippen LogP contribution in [-0.2, 0) is 30.8 Å². The summed E-state index contributed by atoms with van der Waals surface area (Å²) in [5.41, 5.74) is 1.53. The average Bonchev–Trinajstić information content (AvgIpc) is 3.62. The molecule has 9 nitrogen and oxygen atoms in total. The maximum Gasteiger partial charge on any atom is 0.242 e. The molecule has 1 spiro atoms. The molecule has 49 heavy (non-hydrogen) atoms. The number of hydrogen-bond donors (Lipinski definition) is 1. The Morgan fingerprint density at radius 1 is 0.980 bits per heavy atom. The number of carbonyl (C=O) groups excluding carboxylic acids is 3. The summed E-state index contributed by atoms with van der Waals surface area (Å²) in [7, 11) is -0.908. The molecule has 0 radical (unpaired) electrons. The molecular formula is C36H38Cl2FN5O4S. The lowest BCUT2D eigenvalue weighted by Gasteiger charge is -2.52. The van der Waals surface area contributed by atoms with Crippen LogP contribution < -0.4 is 5.32 Å². The molecule has 3 saturated heterocycles. The van der Waals surface area contributed by atoms with Crippen molar-refractivity contribution in [1.82, 2.24) is 19.0 Å². The molecule has 0 saturated carbocycles. The number of aryl methyl sites for hydroxylation is 1. The molecule has 1 N–H and O–H groups in total. The first-order chi connectivity index (χ1) is 23.6. The van der Waals surface area contributed by atoms with E-state index in [1.54, 1.807) is 47.4 Å². The minimum Gasteiger partial charge on any atom is -0.339 e. The average molecular weight is 727 g/mol. The molecule has 3 fully saturated rings. The Balaban J connectivity index is 1.25. The number of benzene rings is 3. The molecule has 3 aromatic rings. The zero-order chi connectivity index (χ0) is 34.4. The standard InChI is InChI=1S/C36H38Cl2FN5O4S/c1-23-6-8-27(39)20-28(23)34-36(29-9-7-26(38)19-31(29)40-35(36)47)30(24-4-2-5-25(37)18-24)21-32(45)44(34)22-33(46)42-14-11-41(12-15-42)13-16-43-10-3-17-49(43)48/h2,4-9,18-20,30,34H,3,10-17,21-22H2,1H3,(H,40,47)/t30-,34+,36-,49?/m0/s1. The van der Waals surface area contributed by atoms with Crippen LogP contribution in [0.15, 0.2) is 60.7 Å². The van der Waals surface area contributed by atoms with Gasteiger partial charge in [-0.05, 0) is 72.0 Å². The first kappa shape index (κ1) is 34.1. The molecule has 0 bridgehead atoms. The van der Waals surface area contributed by atoms with Crippen molar-refractivity contribution in [2.45, 2.75) is 37.1 Å². The highest BCUT2D eigenvalue weighted by Crippen LogP contribution is 2.60. The largest absolute Gasteiger partial charge is 0.339 e. The van der Waals surface area contributed by atoms with E-state index in [4.69, 9.17) is 23.2 Å². The van der Waals surface area contributed by atoms with Crippen molar-refractivity contribution in [1.29, 1.82) is 0 Å². The molecule has 1 unspecified atom stereocenters. The second-order valence-electron chi connectivity index (χ2n) is 13.3. The van der Waals surface area contributed by atoms with Crippen molar-refractivity contribution in [3.8, 4) is 0 Å². The number of carbonyl (C=O) groups is 3. The van der Waals surface area contributed by atoms with Gasteiger partial charge in [0, 0.05) is 79.6 Å². The fourth-order valence-corrected chi connectivity index (χ4v) is 9.73. The van der Waals surface area contributed by atoms with E-state index in [0.29, 0.717) is 64.2 Å². The molecule has 13 heteroatoms. The van der Waals surface area contributed by atoms with Crippen molar-refractivity contribution >= 4 is 57.6 Å². The van der Waals surface area contributed by atoms with E-state index >= 15 is 4.39 Å². The summed E-state index contributed by atoms with van der Waals surface area (Å²) in [4.78, 5) is 48.7. The third-order valence-corrected chi connectivity index (χ3v) is 12.6.